The van der Waals surface area contributed by atoms with Crippen LogP contribution in [0, 0.1) is 12.7 Å². The summed E-state index contributed by atoms with van der Waals surface area (Å²) in [4.78, 5) is 11.4. The lowest BCUT2D eigenvalue weighted by molar-refractivity contribution is 0.500. The molecule has 5 rings (SSSR count). The Morgan fingerprint density at radius 1 is 1.20 bits per heavy atom. The first-order chi connectivity index (χ1) is 12.2. The zero-order valence-corrected chi connectivity index (χ0v) is 14.3. The van der Waals surface area contributed by atoms with Gasteiger partial charge < -0.3 is 13.9 Å². The summed E-state index contributed by atoms with van der Waals surface area (Å²) in [6.45, 7) is 3.87. The molecule has 1 aliphatic carbocycles. The van der Waals surface area contributed by atoms with Gasteiger partial charge in [0.1, 0.15) is 17.2 Å². The van der Waals surface area contributed by atoms with Crippen LogP contribution in [0.1, 0.15) is 42.5 Å². The molecular weight excluding hydrogens is 319 g/mol. The highest BCUT2D eigenvalue weighted by molar-refractivity contribution is 5.74. The Morgan fingerprint density at radius 3 is 3.00 bits per heavy atom. The van der Waals surface area contributed by atoms with Crippen LogP contribution in [-0.2, 0) is 12.8 Å². The number of nitrogens with zero attached hydrogens (tertiary/aromatic N) is 4. The molecule has 0 unspecified atom stereocenters. The van der Waals surface area contributed by atoms with E-state index >= 15 is 0 Å². The first-order valence-corrected chi connectivity index (χ1v) is 9.06. The molecule has 1 atom stereocenters. The van der Waals surface area contributed by atoms with E-state index in [-0.39, 0.29) is 5.82 Å². The van der Waals surface area contributed by atoms with E-state index in [1.54, 1.807) is 6.07 Å². The summed E-state index contributed by atoms with van der Waals surface area (Å²) in [6, 6.07) is 5.47. The smallest absolute Gasteiger partial charge is 0.298 e. The molecule has 1 aromatic carbocycles. The summed E-state index contributed by atoms with van der Waals surface area (Å²) in [7, 11) is 0. The fraction of sp³-hybridized carbons (Fsp3) is 0.474. The van der Waals surface area contributed by atoms with Crippen molar-refractivity contribution >= 4 is 17.1 Å². The van der Waals surface area contributed by atoms with Crippen LogP contribution in [0.3, 0.4) is 0 Å². The number of hydrogen-bond donors (Lipinski definition) is 0. The predicted molar refractivity (Wildman–Crippen MR) is 93.4 cm³/mol. The normalized spacial score (nSPS) is 20.4. The molecule has 2 aromatic heterocycles. The van der Waals surface area contributed by atoms with Gasteiger partial charge in [-0.1, -0.05) is 0 Å². The molecule has 1 aliphatic heterocycles. The first kappa shape index (κ1) is 14.9. The van der Waals surface area contributed by atoms with Crippen LogP contribution in [0.2, 0.25) is 0 Å². The standard InChI is InChI=1S/C19H21FN4O/c1-12-21-15-4-2-3-5-17(15)24(12)14-8-9-23(11-14)19-22-16-10-13(20)6-7-18(16)25-19/h6-7,10,14H,2-5,8-9,11H2,1H3/t14-/m1/s1. The molecule has 130 valence electrons. The highest BCUT2D eigenvalue weighted by atomic mass is 19.1. The van der Waals surface area contributed by atoms with Gasteiger partial charge in [0, 0.05) is 24.8 Å². The van der Waals surface area contributed by atoms with E-state index < -0.39 is 0 Å². The molecule has 2 aliphatic rings. The molecule has 0 spiro atoms. The van der Waals surface area contributed by atoms with Crippen LogP contribution in [-0.4, -0.2) is 27.6 Å². The van der Waals surface area contributed by atoms with Crippen molar-refractivity contribution in [3.05, 3.63) is 41.2 Å². The summed E-state index contributed by atoms with van der Waals surface area (Å²) in [5.74, 6) is 0.839. The molecule has 0 amide bonds. The average Bonchev–Trinajstić information content (AvgIpc) is 3.29. The predicted octanol–water partition coefficient (Wildman–Crippen LogP) is 3.80. The summed E-state index contributed by atoms with van der Waals surface area (Å²) in [5, 5.41) is 0. The number of aromatic nitrogens is 3. The Labute approximate surface area is 145 Å². The van der Waals surface area contributed by atoms with Crippen molar-refractivity contribution in [2.24, 2.45) is 0 Å². The Bertz CT molecular complexity index is 944. The molecule has 5 nitrogen and oxygen atoms in total. The minimum absolute atomic E-state index is 0.285. The van der Waals surface area contributed by atoms with Gasteiger partial charge in [-0.2, -0.15) is 4.98 Å². The Hall–Kier alpha value is -2.37. The molecule has 1 saturated heterocycles. The third-order valence-corrected chi connectivity index (χ3v) is 5.48. The molecule has 25 heavy (non-hydrogen) atoms. The highest BCUT2D eigenvalue weighted by Crippen LogP contribution is 2.33. The number of fused-ring (bicyclic) bond motifs is 2. The van der Waals surface area contributed by atoms with Crippen LogP contribution >= 0.6 is 0 Å². The first-order valence-electron chi connectivity index (χ1n) is 9.06. The van der Waals surface area contributed by atoms with Gasteiger partial charge in [-0.25, -0.2) is 9.37 Å². The van der Waals surface area contributed by atoms with Crippen LogP contribution in [0.25, 0.3) is 11.1 Å². The zero-order chi connectivity index (χ0) is 17.0. The molecule has 0 bridgehead atoms. The van der Waals surface area contributed by atoms with Crippen LogP contribution in [0.5, 0.6) is 0 Å². The second-order valence-electron chi connectivity index (χ2n) is 7.13. The second-order valence-corrected chi connectivity index (χ2v) is 7.13. The van der Waals surface area contributed by atoms with Crippen LogP contribution in [0.15, 0.2) is 22.6 Å². The molecular formula is C19H21FN4O. The minimum Gasteiger partial charge on any atom is -0.423 e. The zero-order valence-electron chi connectivity index (χ0n) is 14.3. The van der Waals surface area contributed by atoms with Crippen molar-refractivity contribution < 1.29 is 8.81 Å². The molecule has 0 radical (unpaired) electrons. The number of aryl methyl sites for hydroxylation is 2. The SMILES string of the molecule is Cc1nc2c(n1[C@@H]1CCN(c3nc4cc(F)ccc4o3)C1)CCCC2. The van der Waals surface area contributed by atoms with Gasteiger partial charge in [0.2, 0.25) is 0 Å². The lowest BCUT2D eigenvalue weighted by atomic mass is 10.0. The number of oxazole rings is 1. The van der Waals surface area contributed by atoms with Gasteiger partial charge >= 0.3 is 0 Å². The van der Waals surface area contributed by atoms with Gasteiger partial charge in [0.25, 0.3) is 6.01 Å². The molecule has 6 heteroatoms. The highest BCUT2D eigenvalue weighted by Gasteiger charge is 2.31. The topological polar surface area (TPSA) is 47.1 Å². The van der Waals surface area contributed by atoms with Crippen molar-refractivity contribution in [1.82, 2.24) is 14.5 Å². The van der Waals surface area contributed by atoms with E-state index in [0.717, 1.165) is 38.2 Å². The molecule has 1 fully saturated rings. The molecule has 3 heterocycles. The van der Waals surface area contributed by atoms with Crippen molar-refractivity contribution in [2.45, 2.75) is 45.1 Å². The van der Waals surface area contributed by atoms with E-state index in [9.17, 15) is 4.39 Å². The van der Waals surface area contributed by atoms with Gasteiger partial charge in [0.15, 0.2) is 5.58 Å². The lowest BCUT2D eigenvalue weighted by Gasteiger charge is -2.20. The van der Waals surface area contributed by atoms with E-state index in [1.165, 1.54) is 36.4 Å². The van der Waals surface area contributed by atoms with Crippen LogP contribution < -0.4 is 4.90 Å². The fourth-order valence-corrected chi connectivity index (χ4v) is 4.33. The third kappa shape index (κ3) is 2.42. The number of halogens is 1. The minimum atomic E-state index is -0.285. The van der Waals surface area contributed by atoms with Gasteiger partial charge in [0.05, 0.1) is 11.7 Å². The largest absolute Gasteiger partial charge is 0.423 e. The number of rotatable bonds is 2. The number of imidazole rings is 1. The third-order valence-electron chi connectivity index (χ3n) is 5.48. The van der Waals surface area contributed by atoms with Gasteiger partial charge in [-0.05, 0) is 51.2 Å². The summed E-state index contributed by atoms with van der Waals surface area (Å²) in [5.41, 5.74) is 3.93. The monoisotopic (exact) mass is 340 g/mol. The summed E-state index contributed by atoms with van der Waals surface area (Å²) in [6.07, 6.45) is 5.80. The van der Waals surface area contributed by atoms with E-state index in [0.29, 0.717) is 23.2 Å². The Kier molecular flexibility index (Phi) is 3.33. The Morgan fingerprint density at radius 2 is 2.08 bits per heavy atom. The number of anilines is 1. The maximum atomic E-state index is 13.4. The fourth-order valence-electron chi connectivity index (χ4n) is 4.33. The Balaban J connectivity index is 1.43. The van der Waals surface area contributed by atoms with Gasteiger partial charge in [-0.3, -0.25) is 0 Å². The van der Waals surface area contributed by atoms with Crippen molar-refractivity contribution in [2.75, 3.05) is 18.0 Å². The molecule has 0 saturated carbocycles. The quantitative estimate of drug-likeness (QED) is 0.712. The van der Waals surface area contributed by atoms with E-state index in [2.05, 4.69) is 21.4 Å². The maximum Gasteiger partial charge on any atom is 0.298 e. The summed E-state index contributed by atoms with van der Waals surface area (Å²) < 4.78 is 21.7. The molecule has 3 aromatic rings. The average molecular weight is 340 g/mol. The van der Waals surface area contributed by atoms with Crippen molar-refractivity contribution in [3.8, 4) is 0 Å². The second kappa shape index (κ2) is 5.58. The van der Waals surface area contributed by atoms with E-state index in [4.69, 9.17) is 9.40 Å². The van der Waals surface area contributed by atoms with Crippen LogP contribution in [0.4, 0.5) is 10.4 Å². The number of hydrogen-bond acceptors (Lipinski definition) is 4. The number of benzene rings is 1. The lowest BCUT2D eigenvalue weighted by Crippen LogP contribution is -2.22. The molecule has 0 N–H and O–H groups in total. The van der Waals surface area contributed by atoms with Gasteiger partial charge in [-0.15, -0.1) is 0 Å². The van der Waals surface area contributed by atoms with Crippen molar-refractivity contribution in [1.29, 1.82) is 0 Å². The van der Waals surface area contributed by atoms with E-state index in [1.807, 2.05) is 0 Å². The maximum absolute atomic E-state index is 13.4. The summed E-state index contributed by atoms with van der Waals surface area (Å²) >= 11 is 0. The van der Waals surface area contributed by atoms with Crippen molar-refractivity contribution in [3.63, 3.8) is 0 Å².